The Labute approximate surface area is 212 Å². The molecule has 1 unspecified atom stereocenters. The van der Waals surface area contributed by atoms with E-state index in [9.17, 15) is 0 Å². The second-order valence-electron chi connectivity index (χ2n) is 9.64. The Morgan fingerprint density at radius 2 is 1.61 bits per heavy atom. The number of halogens is 2. The molecule has 2 aliphatic heterocycles. The van der Waals surface area contributed by atoms with Crippen LogP contribution in [0.3, 0.4) is 0 Å². The summed E-state index contributed by atoms with van der Waals surface area (Å²) in [6.07, 6.45) is 7.82. The van der Waals surface area contributed by atoms with E-state index in [4.69, 9.17) is 4.74 Å². The van der Waals surface area contributed by atoms with Gasteiger partial charge in [0.1, 0.15) is 5.75 Å². The molecule has 0 N–H and O–H groups in total. The zero-order valence-corrected chi connectivity index (χ0v) is 21.5. The van der Waals surface area contributed by atoms with Gasteiger partial charge in [0, 0.05) is 50.5 Å². The van der Waals surface area contributed by atoms with E-state index in [1.165, 1.54) is 82.5 Å². The summed E-state index contributed by atoms with van der Waals surface area (Å²) in [7, 11) is 1.77. The van der Waals surface area contributed by atoms with Gasteiger partial charge >= 0.3 is 0 Å². The normalized spacial score (nSPS) is 23.4. The molecule has 0 aromatic heterocycles. The number of methoxy groups -OCH3 is 1. The molecule has 2 heterocycles. The van der Waals surface area contributed by atoms with Gasteiger partial charge in [0.15, 0.2) is 0 Å². The Balaban J connectivity index is 0.00000153. The summed E-state index contributed by atoms with van der Waals surface area (Å²) in [6, 6.07) is 17.6. The van der Waals surface area contributed by atoms with Crippen LogP contribution < -0.4 is 9.64 Å². The molecule has 2 aromatic rings. The highest BCUT2D eigenvalue weighted by Crippen LogP contribution is 2.40. The number of ether oxygens (including phenoxy) is 1. The predicted molar refractivity (Wildman–Crippen MR) is 143 cm³/mol. The minimum Gasteiger partial charge on any atom is -0.497 e. The largest absolute Gasteiger partial charge is 0.497 e. The molecule has 5 rings (SSSR count). The lowest BCUT2D eigenvalue weighted by Gasteiger charge is -2.51. The van der Waals surface area contributed by atoms with Crippen molar-refractivity contribution in [1.82, 2.24) is 9.80 Å². The van der Waals surface area contributed by atoms with Crippen molar-refractivity contribution in [3.63, 3.8) is 0 Å². The Kier molecular flexibility index (Phi) is 9.34. The lowest BCUT2D eigenvalue weighted by atomic mass is 9.72. The fourth-order valence-corrected chi connectivity index (χ4v) is 6.06. The van der Waals surface area contributed by atoms with E-state index < -0.39 is 0 Å². The van der Waals surface area contributed by atoms with E-state index in [1.54, 1.807) is 12.7 Å². The zero-order chi connectivity index (χ0) is 21.1. The summed E-state index contributed by atoms with van der Waals surface area (Å²) in [5, 5.41) is 0. The first kappa shape index (κ1) is 26.2. The molecule has 4 nitrogen and oxygen atoms in total. The number of benzene rings is 2. The van der Waals surface area contributed by atoms with E-state index >= 15 is 0 Å². The van der Waals surface area contributed by atoms with Gasteiger partial charge in [-0.05, 0) is 74.0 Å². The third-order valence-electron chi connectivity index (χ3n) is 7.96. The number of piperazine rings is 1. The van der Waals surface area contributed by atoms with E-state index in [1.807, 2.05) is 0 Å². The number of piperidine rings is 1. The molecular weight excluding hydrogens is 453 g/mol. The molecule has 3 aliphatic rings. The first-order valence-electron chi connectivity index (χ1n) is 12.2. The summed E-state index contributed by atoms with van der Waals surface area (Å²) in [6.45, 7) is 8.34. The minimum absolute atomic E-state index is 0. The lowest BCUT2D eigenvalue weighted by Crippen LogP contribution is -2.57. The van der Waals surface area contributed by atoms with Gasteiger partial charge in [0.05, 0.1) is 7.11 Å². The molecule has 6 heteroatoms. The Morgan fingerprint density at radius 3 is 2.36 bits per heavy atom. The molecule has 182 valence electrons. The van der Waals surface area contributed by atoms with Crippen LogP contribution in [0.15, 0.2) is 48.5 Å². The first-order chi connectivity index (χ1) is 15.3. The van der Waals surface area contributed by atoms with Crippen LogP contribution in [0.25, 0.3) is 0 Å². The van der Waals surface area contributed by atoms with Crippen molar-refractivity contribution in [2.24, 2.45) is 0 Å². The molecule has 0 radical (unpaired) electrons. The number of nitrogens with zero attached hydrogens (tertiary/aromatic N) is 3. The number of hydrogen-bond donors (Lipinski definition) is 0. The summed E-state index contributed by atoms with van der Waals surface area (Å²) < 4.78 is 5.46. The van der Waals surface area contributed by atoms with Crippen molar-refractivity contribution < 1.29 is 4.74 Å². The summed E-state index contributed by atoms with van der Waals surface area (Å²) in [5.41, 5.74) is 4.81. The molecule has 0 bridgehead atoms. The fourth-order valence-electron chi connectivity index (χ4n) is 6.06. The minimum atomic E-state index is 0. The van der Waals surface area contributed by atoms with Gasteiger partial charge in [-0.25, -0.2) is 0 Å². The van der Waals surface area contributed by atoms with E-state index in [-0.39, 0.29) is 24.8 Å². The highest BCUT2D eigenvalue weighted by molar-refractivity contribution is 5.85. The zero-order valence-electron chi connectivity index (χ0n) is 19.9. The average molecular weight is 493 g/mol. The average Bonchev–Trinajstić information content (AvgIpc) is 2.84. The van der Waals surface area contributed by atoms with Crippen LogP contribution >= 0.6 is 24.8 Å². The maximum absolute atomic E-state index is 5.46. The van der Waals surface area contributed by atoms with Gasteiger partial charge < -0.3 is 9.64 Å². The maximum Gasteiger partial charge on any atom is 0.119 e. The number of rotatable bonds is 5. The molecular formula is C27H39Cl2N3O. The first-order valence-corrected chi connectivity index (χ1v) is 12.2. The predicted octanol–water partition coefficient (Wildman–Crippen LogP) is 5.07. The third-order valence-corrected chi connectivity index (χ3v) is 7.96. The van der Waals surface area contributed by atoms with E-state index in [2.05, 4.69) is 63.2 Å². The van der Waals surface area contributed by atoms with Crippen molar-refractivity contribution in [1.29, 1.82) is 0 Å². The van der Waals surface area contributed by atoms with Crippen LogP contribution in [0, 0.1) is 0 Å². The molecule has 2 fully saturated rings. The molecule has 1 aliphatic carbocycles. The second kappa shape index (κ2) is 11.8. The Morgan fingerprint density at radius 1 is 0.818 bits per heavy atom. The van der Waals surface area contributed by atoms with E-state index in [0.717, 1.165) is 18.8 Å². The SMILES string of the molecule is COc1ccc2c(c1)CCC1(CCCCN1CCN1CCN(c3ccccc3)CC1)C2.Cl.Cl. The van der Waals surface area contributed by atoms with Crippen molar-refractivity contribution in [2.75, 3.05) is 57.8 Å². The van der Waals surface area contributed by atoms with Crippen molar-refractivity contribution >= 4 is 30.5 Å². The highest BCUT2D eigenvalue weighted by atomic mass is 35.5. The lowest BCUT2D eigenvalue weighted by molar-refractivity contribution is 0.0252. The second-order valence-corrected chi connectivity index (χ2v) is 9.64. The van der Waals surface area contributed by atoms with Gasteiger partial charge in [-0.3, -0.25) is 9.80 Å². The number of para-hydroxylation sites is 1. The van der Waals surface area contributed by atoms with Crippen LogP contribution in [0.1, 0.15) is 36.8 Å². The number of anilines is 1. The van der Waals surface area contributed by atoms with Crippen LogP contribution in [0.2, 0.25) is 0 Å². The molecule has 1 atom stereocenters. The maximum atomic E-state index is 5.46. The van der Waals surface area contributed by atoms with Crippen LogP contribution in [-0.2, 0) is 12.8 Å². The van der Waals surface area contributed by atoms with Crippen LogP contribution in [0.5, 0.6) is 5.75 Å². The van der Waals surface area contributed by atoms with Crippen molar-refractivity contribution in [3.8, 4) is 5.75 Å². The van der Waals surface area contributed by atoms with Crippen molar-refractivity contribution in [3.05, 3.63) is 59.7 Å². The van der Waals surface area contributed by atoms with Crippen molar-refractivity contribution in [2.45, 2.75) is 44.1 Å². The Bertz CT molecular complexity index is 873. The summed E-state index contributed by atoms with van der Waals surface area (Å²) in [5.74, 6) is 1.00. The molecule has 1 spiro atoms. The molecule has 0 amide bonds. The molecule has 0 saturated carbocycles. The number of likely N-dealkylation sites (tertiary alicyclic amines) is 1. The fraction of sp³-hybridized carbons (Fsp3) is 0.556. The van der Waals surface area contributed by atoms with Gasteiger partial charge in [-0.2, -0.15) is 0 Å². The van der Waals surface area contributed by atoms with E-state index in [0.29, 0.717) is 5.54 Å². The summed E-state index contributed by atoms with van der Waals surface area (Å²) in [4.78, 5) is 8.09. The summed E-state index contributed by atoms with van der Waals surface area (Å²) >= 11 is 0. The number of aryl methyl sites for hydroxylation is 1. The number of hydrogen-bond acceptors (Lipinski definition) is 4. The third kappa shape index (κ3) is 5.79. The van der Waals surface area contributed by atoms with Gasteiger partial charge in [-0.1, -0.05) is 30.7 Å². The van der Waals surface area contributed by atoms with Gasteiger partial charge in [0.2, 0.25) is 0 Å². The van der Waals surface area contributed by atoms with Crippen LogP contribution in [0.4, 0.5) is 5.69 Å². The highest BCUT2D eigenvalue weighted by Gasteiger charge is 2.41. The molecule has 33 heavy (non-hydrogen) atoms. The topological polar surface area (TPSA) is 19.0 Å². The Hall–Kier alpha value is -1.46. The standard InChI is InChI=1S/C27H37N3O.2ClH/c1-31-26-10-9-24-22-27(13-11-23(24)21-26)12-5-6-14-30(27)20-17-28-15-18-29(19-16-28)25-7-3-2-4-8-25;;/h2-4,7-10,21H,5-6,11-20,22H2,1H3;2*1H. The van der Waals surface area contributed by atoms with Crippen LogP contribution in [-0.4, -0.2) is 68.3 Å². The smallest absolute Gasteiger partial charge is 0.119 e. The van der Waals surface area contributed by atoms with Gasteiger partial charge in [-0.15, -0.1) is 24.8 Å². The monoisotopic (exact) mass is 491 g/mol. The number of fused-ring (bicyclic) bond motifs is 1. The molecule has 2 aromatic carbocycles. The molecule has 2 saturated heterocycles. The van der Waals surface area contributed by atoms with Gasteiger partial charge in [0.25, 0.3) is 0 Å². The quantitative estimate of drug-likeness (QED) is 0.580.